The molecule has 0 aliphatic carbocycles. The average Bonchev–Trinajstić information content (AvgIpc) is 3.10. The van der Waals surface area contributed by atoms with Gasteiger partial charge in [-0.15, -0.1) is 0 Å². The summed E-state index contributed by atoms with van der Waals surface area (Å²) in [6.45, 7) is 2.58. The van der Waals surface area contributed by atoms with Gasteiger partial charge in [0.1, 0.15) is 5.75 Å². The molecule has 0 unspecified atom stereocenters. The molecule has 2 aromatic heterocycles. The molecule has 3 heterocycles. The minimum absolute atomic E-state index is 0.351. The molecule has 4 rings (SSSR count). The molecule has 1 aliphatic rings. The van der Waals surface area contributed by atoms with Gasteiger partial charge < -0.3 is 10.5 Å². The maximum atomic E-state index is 5.67. The number of hydrogen-bond donors (Lipinski definition) is 2. The third kappa shape index (κ3) is 3.18. The summed E-state index contributed by atoms with van der Waals surface area (Å²) < 4.78 is 5.23. The summed E-state index contributed by atoms with van der Waals surface area (Å²) in [5, 5.41) is 7.36. The van der Waals surface area contributed by atoms with Crippen molar-refractivity contribution in [3.05, 3.63) is 53.5 Å². The number of rotatable bonds is 4. The maximum Gasteiger partial charge on any atom is 0.220 e. The smallest absolute Gasteiger partial charge is 0.220 e. The standard InChI is InChI=1S/C18H20N6O/c1-25-15-4-2-12(3-5-15)17-14(9-21-23-17)11-24-7-6-16-13(10-24)8-20-18(19)22-16/h2-5,8-9H,6-7,10-11H2,1H3,(H,21,23)(H2,19,20,22). The van der Waals surface area contributed by atoms with Crippen LogP contribution in [0, 0.1) is 0 Å². The number of nitrogens with zero attached hydrogens (tertiary/aromatic N) is 4. The highest BCUT2D eigenvalue weighted by Gasteiger charge is 2.20. The molecule has 1 aromatic carbocycles. The Morgan fingerprint density at radius 2 is 2.08 bits per heavy atom. The molecular formula is C18H20N6O. The summed E-state index contributed by atoms with van der Waals surface area (Å²) in [4.78, 5) is 10.8. The van der Waals surface area contributed by atoms with Gasteiger partial charge in [-0.3, -0.25) is 10.00 Å². The maximum absolute atomic E-state index is 5.67. The topological polar surface area (TPSA) is 93.0 Å². The predicted molar refractivity (Wildman–Crippen MR) is 94.8 cm³/mol. The fraction of sp³-hybridized carbons (Fsp3) is 0.278. The molecule has 0 atom stereocenters. The van der Waals surface area contributed by atoms with Gasteiger partial charge in [0.05, 0.1) is 24.7 Å². The lowest BCUT2D eigenvalue weighted by atomic mass is 10.0. The zero-order valence-corrected chi connectivity index (χ0v) is 14.1. The number of H-pyrrole nitrogens is 1. The van der Waals surface area contributed by atoms with Gasteiger partial charge in [-0.2, -0.15) is 5.10 Å². The number of aromatic nitrogens is 4. The summed E-state index contributed by atoms with van der Waals surface area (Å²) in [6.07, 6.45) is 4.62. The molecule has 3 aromatic rings. The molecule has 3 N–H and O–H groups in total. The molecule has 0 spiro atoms. The van der Waals surface area contributed by atoms with E-state index in [4.69, 9.17) is 10.5 Å². The number of nitrogens with one attached hydrogen (secondary N) is 1. The number of nitrogens with two attached hydrogens (primary N) is 1. The Bertz CT molecular complexity index is 874. The number of nitrogen functional groups attached to an aromatic ring is 1. The Balaban J connectivity index is 1.52. The molecule has 0 fully saturated rings. The number of fused-ring (bicyclic) bond motifs is 1. The molecular weight excluding hydrogens is 316 g/mol. The molecule has 0 amide bonds. The predicted octanol–water partition coefficient (Wildman–Crippen LogP) is 2.02. The van der Waals surface area contributed by atoms with Crippen molar-refractivity contribution in [1.82, 2.24) is 25.1 Å². The van der Waals surface area contributed by atoms with Crippen LogP contribution < -0.4 is 10.5 Å². The molecule has 1 aliphatic heterocycles. The Kier molecular flexibility index (Phi) is 4.07. The van der Waals surface area contributed by atoms with Gasteiger partial charge in [0, 0.05) is 48.9 Å². The summed E-state index contributed by atoms with van der Waals surface area (Å²) in [5.41, 5.74) is 11.2. The minimum atomic E-state index is 0.351. The molecule has 0 radical (unpaired) electrons. The fourth-order valence-electron chi connectivity index (χ4n) is 3.20. The normalized spacial score (nSPS) is 14.3. The highest BCUT2D eigenvalue weighted by atomic mass is 16.5. The molecule has 25 heavy (non-hydrogen) atoms. The van der Waals surface area contributed by atoms with Crippen LogP contribution in [0.25, 0.3) is 11.3 Å². The Labute approximate surface area is 145 Å². The van der Waals surface area contributed by atoms with E-state index in [9.17, 15) is 0 Å². The fourth-order valence-corrected chi connectivity index (χ4v) is 3.20. The molecule has 7 heteroatoms. The molecule has 0 saturated heterocycles. The minimum Gasteiger partial charge on any atom is -0.497 e. The van der Waals surface area contributed by atoms with Crippen molar-refractivity contribution >= 4 is 5.95 Å². The van der Waals surface area contributed by atoms with Crippen molar-refractivity contribution in [3.63, 3.8) is 0 Å². The first-order valence-electron chi connectivity index (χ1n) is 8.22. The Morgan fingerprint density at radius 3 is 2.88 bits per heavy atom. The summed E-state index contributed by atoms with van der Waals surface area (Å²) in [6, 6.07) is 7.99. The van der Waals surface area contributed by atoms with E-state index in [0.717, 1.165) is 54.3 Å². The largest absolute Gasteiger partial charge is 0.497 e. The molecule has 128 valence electrons. The second-order valence-electron chi connectivity index (χ2n) is 6.16. The van der Waals surface area contributed by atoms with Crippen molar-refractivity contribution in [2.45, 2.75) is 19.5 Å². The van der Waals surface area contributed by atoms with Crippen LogP contribution in [-0.2, 0) is 19.5 Å². The van der Waals surface area contributed by atoms with Crippen molar-refractivity contribution < 1.29 is 4.74 Å². The van der Waals surface area contributed by atoms with Gasteiger partial charge in [0.2, 0.25) is 5.95 Å². The molecule has 0 saturated carbocycles. The van der Waals surface area contributed by atoms with Crippen LogP contribution in [0.2, 0.25) is 0 Å². The van der Waals surface area contributed by atoms with Crippen LogP contribution in [0.15, 0.2) is 36.7 Å². The van der Waals surface area contributed by atoms with Crippen molar-refractivity contribution in [1.29, 1.82) is 0 Å². The second kappa shape index (κ2) is 6.52. The van der Waals surface area contributed by atoms with Crippen LogP contribution in [0.1, 0.15) is 16.8 Å². The van der Waals surface area contributed by atoms with E-state index in [0.29, 0.717) is 5.95 Å². The van der Waals surface area contributed by atoms with E-state index in [1.165, 1.54) is 5.56 Å². The SMILES string of the molecule is COc1ccc(-c2[nH]ncc2CN2CCc3nc(N)ncc3C2)cc1. The quantitative estimate of drug-likeness (QED) is 0.757. The number of ether oxygens (including phenoxy) is 1. The van der Waals surface area contributed by atoms with E-state index >= 15 is 0 Å². The zero-order chi connectivity index (χ0) is 17.2. The average molecular weight is 336 g/mol. The summed E-state index contributed by atoms with van der Waals surface area (Å²) in [5.74, 6) is 1.19. The number of methoxy groups -OCH3 is 1. The number of hydrogen-bond acceptors (Lipinski definition) is 6. The van der Waals surface area contributed by atoms with Crippen molar-refractivity contribution in [2.75, 3.05) is 19.4 Å². The van der Waals surface area contributed by atoms with E-state index in [1.54, 1.807) is 7.11 Å². The summed E-state index contributed by atoms with van der Waals surface area (Å²) >= 11 is 0. The van der Waals surface area contributed by atoms with Crippen LogP contribution in [-0.4, -0.2) is 38.7 Å². The van der Waals surface area contributed by atoms with Crippen molar-refractivity contribution in [3.8, 4) is 17.0 Å². The van der Waals surface area contributed by atoms with Crippen LogP contribution in [0.5, 0.6) is 5.75 Å². The van der Waals surface area contributed by atoms with E-state index < -0.39 is 0 Å². The van der Waals surface area contributed by atoms with E-state index in [1.807, 2.05) is 36.7 Å². The van der Waals surface area contributed by atoms with Gasteiger partial charge in [-0.25, -0.2) is 9.97 Å². The van der Waals surface area contributed by atoms with E-state index in [2.05, 4.69) is 25.1 Å². The first kappa shape index (κ1) is 15.6. The first-order valence-corrected chi connectivity index (χ1v) is 8.22. The lowest BCUT2D eigenvalue weighted by Gasteiger charge is -2.27. The first-order chi connectivity index (χ1) is 12.2. The third-order valence-corrected chi connectivity index (χ3v) is 4.52. The number of aromatic amines is 1. The van der Waals surface area contributed by atoms with Gasteiger partial charge >= 0.3 is 0 Å². The monoisotopic (exact) mass is 336 g/mol. The lowest BCUT2D eigenvalue weighted by Crippen LogP contribution is -2.31. The van der Waals surface area contributed by atoms with Gasteiger partial charge in [0.25, 0.3) is 0 Å². The Morgan fingerprint density at radius 1 is 1.24 bits per heavy atom. The highest BCUT2D eigenvalue weighted by Crippen LogP contribution is 2.26. The van der Waals surface area contributed by atoms with Gasteiger partial charge in [-0.05, 0) is 24.3 Å². The van der Waals surface area contributed by atoms with Crippen LogP contribution >= 0.6 is 0 Å². The molecule has 7 nitrogen and oxygen atoms in total. The third-order valence-electron chi connectivity index (χ3n) is 4.52. The van der Waals surface area contributed by atoms with Gasteiger partial charge in [-0.1, -0.05) is 0 Å². The second-order valence-corrected chi connectivity index (χ2v) is 6.16. The Hall–Kier alpha value is -2.93. The van der Waals surface area contributed by atoms with Crippen molar-refractivity contribution in [2.24, 2.45) is 0 Å². The van der Waals surface area contributed by atoms with Crippen LogP contribution in [0.3, 0.4) is 0 Å². The van der Waals surface area contributed by atoms with E-state index in [-0.39, 0.29) is 0 Å². The summed E-state index contributed by atoms with van der Waals surface area (Å²) in [7, 11) is 1.67. The number of anilines is 1. The highest BCUT2D eigenvalue weighted by molar-refractivity contribution is 5.63. The van der Waals surface area contributed by atoms with Gasteiger partial charge in [0.15, 0.2) is 0 Å². The number of benzene rings is 1. The van der Waals surface area contributed by atoms with Crippen LogP contribution in [0.4, 0.5) is 5.95 Å². The lowest BCUT2D eigenvalue weighted by molar-refractivity contribution is 0.243. The molecule has 0 bridgehead atoms. The zero-order valence-electron chi connectivity index (χ0n) is 14.1.